The van der Waals surface area contributed by atoms with Gasteiger partial charge in [0, 0.05) is 19.5 Å². The van der Waals surface area contributed by atoms with Crippen molar-refractivity contribution >= 4 is 17.7 Å². The van der Waals surface area contributed by atoms with Crippen LogP contribution in [-0.4, -0.2) is 47.3 Å². The number of nitrogens with two attached hydrogens (primary N) is 2. The number of hydrogen-bond acceptors (Lipinski definition) is 4. The lowest BCUT2D eigenvalue weighted by Gasteiger charge is -2.34. The highest BCUT2D eigenvalue weighted by molar-refractivity contribution is 5.95. The number of amides is 3. The van der Waals surface area contributed by atoms with Gasteiger partial charge in [0.2, 0.25) is 17.7 Å². The van der Waals surface area contributed by atoms with Crippen molar-refractivity contribution in [2.45, 2.75) is 43.7 Å². The second kappa shape index (κ2) is 5.16. The predicted molar refractivity (Wildman–Crippen MR) is 67.7 cm³/mol. The topological polar surface area (TPSA) is 119 Å². The molecule has 3 amide bonds. The first-order valence-corrected chi connectivity index (χ1v) is 6.61. The van der Waals surface area contributed by atoms with Crippen LogP contribution in [0.25, 0.3) is 0 Å². The summed E-state index contributed by atoms with van der Waals surface area (Å²) in [5.41, 5.74) is 10.2. The number of carbonyl (C=O) groups excluding carboxylic acids is 3. The molecule has 2 fully saturated rings. The minimum Gasteiger partial charge on any atom is -0.370 e. The average Bonchev–Trinajstić information content (AvgIpc) is 2.94. The highest BCUT2D eigenvalue weighted by Crippen LogP contribution is 2.35. The summed E-state index contributed by atoms with van der Waals surface area (Å²) < 4.78 is 0. The molecule has 19 heavy (non-hydrogen) atoms. The van der Waals surface area contributed by atoms with Gasteiger partial charge >= 0.3 is 0 Å². The lowest BCUT2D eigenvalue weighted by Crippen LogP contribution is -2.56. The van der Waals surface area contributed by atoms with E-state index in [0.717, 1.165) is 6.42 Å². The Bertz CT molecular complexity index is 408. The standard InChI is InChI=1S/C12H20N4O3/c13-8(2-3-9(14)17)10(18)16-7-1-4-12(16)5-6-15-11(12)19/h8H,1-7,13H2,(H2,14,17)(H,15,19)/t8-,12?/m0/s1. The van der Waals surface area contributed by atoms with E-state index in [4.69, 9.17) is 11.5 Å². The minimum absolute atomic E-state index is 0.0829. The first kappa shape index (κ1) is 13.8. The third-order valence-corrected chi connectivity index (χ3v) is 4.02. The number of hydrogen-bond donors (Lipinski definition) is 3. The maximum Gasteiger partial charge on any atom is 0.246 e. The predicted octanol–water partition coefficient (Wildman–Crippen LogP) is -1.54. The first-order valence-electron chi connectivity index (χ1n) is 6.61. The molecule has 2 aliphatic rings. The molecule has 0 saturated carbocycles. The van der Waals surface area contributed by atoms with Crippen LogP contribution < -0.4 is 16.8 Å². The van der Waals surface area contributed by atoms with E-state index >= 15 is 0 Å². The zero-order valence-corrected chi connectivity index (χ0v) is 10.9. The Morgan fingerprint density at radius 1 is 1.42 bits per heavy atom. The van der Waals surface area contributed by atoms with E-state index in [1.807, 2.05) is 0 Å². The molecular formula is C12H20N4O3. The van der Waals surface area contributed by atoms with Crippen LogP contribution in [0.1, 0.15) is 32.1 Å². The molecule has 1 spiro atoms. The van der Waals surface area contributed by atoms with Gasteiger partial charge in [0.05, 0.1) is 6.04 Å². The first-order chi connectivity index (χ1) is 8.97. The average molecular weight is 268 g/mol. The van der Waals surface area contributed by atoms with Gasteiger partial charge in [-0.05, 0) is 25.7 Å². The highest BCUT2D eigenvalue weighted by Gasteiger charge is 2.52. The molecule has 2 aliphatic heterocycles. The van der Waals surface area contributed by atoms with E-state index in [1.54, 1.807) is 4.90 Å². The molecule has 0 bridgehead atoms. The quantitative estimate of drug-likeness (QED) is 0.572. The van der Waals surface area contributed by atoms with Crippen LogP contribution in [0.2, 0.25) is 0 Å². The molecule has 2 heterocycles. The maximum absolute atomic E-state index is 12.3. The van der Waals surface area contributed by atoms with Gasteiger partial charge in [0.15, 0.2) is 0 Å². The third kappa shape index (κ3) is 2.42. The number of nitrogens with zero attached hydrogens (tertiary/aromatic N) is 1. The largest absolute Gasteiger partial charge is 0.370 e. The Morgan fingerprint density at radius 2 is 2.16 bits per heavy atom. The Balaban J connectivity index is 2.05. The SMILES string of the molecule is NC(=O)CC[C@H](N)C(=O)N1CCCC12CCNC2=O. The van der Waals surface area contributed by atoms with E-state index in [-0.39, 0.29) is 24.7 Å². The fourth-order valence-corrected chi connectivity index (χ4v) is 2.98. The normalized spacial score (nSPS) is 27.6. The van der Waals surface area contributed by atoms with Crippen molar-refractivity contribution in [1.29, 1.82) is 0 Å². The Hall–Kier alpha value is -1.63. The van der Waals surface area contributed by atoms with Crippen molar-refractivity contribution in [3.63, 3.8) is 0 Å². The number of nitrogens with one attached hydrogen (secondary N) is 1. The molecule has 2 rings (SSSR count). The van der Waals surface area contributed by atoms with E-state index in [9.17, 15) is 14.4 Å². The van der Waals surface area contributed by atoms with Gasteiger partial charge in [-0.25, -0.2) is 0 Å². The molecule has 106 valence electrons. The van der Waals surface area contributed by atoms with Gasteiger partial charge in [-0.15, -0.1) is 0 Å². The lowest BCUT2D eigenvalue weighted by atomic mass is 9.93. The summed E-state index contributed by atoms with van der Waals surface area (Å²) >= 11 is 0. The van der Waals surface area contributed by atoms with Crippen molar-refractivity contribution in [1.82, 2.24) is 10.2 Å². The molecule has 0 radical (unpaired) electrons. The van der Waals surface area contributed by atoms with Crippen LogP contribution in [-0.2, 0) is 14.4 Å². The molecule has 7 heteroatoms. The molecule has 2 atom stereocenters. The van der Waals surface area contributed by atoms with Gasteiger partial charge in [-0.3, -0.25) is 14.4 Å². The maximum atomic E-state index is 12.3. The van der Waals surface area contributed by atoms with Crippen LogP contribution in [0.5, 0.6) is 0 Å². The highest BCUT2D eigenvalue weighted by atomic mass is 16.2. The zero-order chi connectivity index (χ0) is 14.0. The number of likely N-dealkylation sites (tertiary alicyclic amines) is 1. The summed E-state index contributed by atoms with van der Waals surface area (Å²) in [4.78, 5) is 36.6. The van der Waals surface area contributed by atoms with Gasteiger partial charge in [-0.1, -0.05) is 0 Å². The smallest absolute Gasteiger partial charge is 0.246 e. The summed E-state index contributed by atoms with van der Waals surface area (Å²) in [5, 5.41) is 2.78. The van der Waals surface area contributed by atoms with Gasteiger partial charge in [-0.2, -0.15) is 0 Å². The van der Waals surface area contributed by atoms with Gasteiger partial charge < -0.3 is 21.7 Å². The van der Waals surface area contributed by atoms with Gasteiger partial charge in [0.25, 0.3) is 0 Å². The van der Waals surface area contributed by atoms with Crippen molar-refractivity contribution in [2.24, 2.45) is 11.5 Å². The van der Waals surface area contributed by atoms with Crippen LogP contribution in [0.3, 0.4) is 0 Å². The van der Waals surface area contributed by atoms with Crippen LogP contribution in [0.4, 0.5) is 0 Å². The number of rotatable bonds is 4. The fraction of sp³-hybridized carbons (Fsp3) is 0.750. The zero-order valence-electron chi connectivity index (χ0n) is 10.9. The summed E-state index contributed by atoms with van der Waals surface area (Å²) in [5.74, 6) is -0.811. The minimum atomic E-state index is -0.768. The van der Waals surface area contributed by atoms with Crippen LogP contribution in [0.15, 0.2) is 0 Å². The molecule has 0 aliphatic carbocycles. The molecule has 2 saturated heterocycles. The molecular weight excluding hydrogens is 248 g/mol. The van der Waals surface area contributed by atoms with Crippen molar-refractivity contribution in [3.05, 3.63) is 0 Å². The molecule has 0 aromatic rings. The Labute approximate surface area is 111 Å². The van der Waals surface area contributed by atoms with E-state index in [1.165, 1.54) is 0 Å². The fourth-order valence-electron chi connectivity index (χ4n) is 2.98. The van der Waals surface area contributed by atoms with Crippen LogP contribution >= 0.6 is 0 Å². The second-order valence-electron chi connectivity index (χ2n) is 5.24. The van der Waals surface area contributed by atoms with Crippen molar-refractivity contribution < 1.29 is 14.4 Å². The molecule has 7 nitrogen and oxygen atoms in total. The van der Waals surface area contributed by atoms with Crippen molar-refractivity contribution in [3.8, 4) is 0 Å². The summed E-state index contributed by atoms with van der Waals surface area (Å²) in [6.45, 7) is 1.15. The van der Waals surface area contributed by atoms with E-state index in [2.05, 4.69) is 5.32 Å². The Kier molecular flexibility index (Phi) is 3.75. The Morgan fingerprint density at radius 3 is 2.74 bits per heavy atom. The lowest BCUT2D eigenvalue weighted by molar-refractivity contribution is -0.143. The monoisotopic (exact) mass is 268 g/mol. The summed E-state index contributed by atoms with van der Waals surface area (Å²) in [6.07, 6.45) is 2.44. The number of carbonyl (C=O) groups is 3. The molecule has 5 N–H and O–H groups in total. The molecule has 0 aromatic heterocycles. The summed E-state index contributed by atoms with van der Waals surface area (Å²) in [7, 11) is 0. The number of primary amides is 1. The van der Waals surface area contributed by atoms with Crippen molar-refractivity contribution in [2.75, 3.05) is 13.1 Å². The van der Waals surface area contributed by atoms with E-state index < -0.39 is 17.5 Å². The second-order valence-corrected chi connectivity index (χ2v) is 5.24. The molecule has 0 aromatic carbocycles. The third-order valence-electron chi connectivity index (χ3n) is 4.02. The molecule has 1 unspecified atom stereocenters. The summed E-state index contributed by atoms with van der Waals surface area (Å²) in [6, 6.07) is -0.768. The van der Waals surface area contributed by atoms with E-state index in [0.29, 0.717) is 25.9 Å². The van der Waals surface area contributed by atoms with Gasteiger partial charge in [0.1, 0.15) is 5.54 Å². The van der Waals surface area contributed by atoms with Crippen LogP contribution in [0, 0.1) is 0 Å².